The SMILES string of the molecule is CC(N)C(=O)NCC1CCCN(Cc2cccs2)C1.Cl. The fraction of sp³-hybridized carbons (Fsp3) is 0.643. The minimum absolute atomic E-state index is 0. The molecule has 0 saturated carbocycles. The van der Waals surface area contributed by atoms with E-state index >= 15 is 0 Å². The molecular formula is C14H24ClN3OS. The van der Waals surface area contributed by atoms with Gasteiger partial charge in [0.15, 0.2) is 0 Å². The van der Waals surface area contributed by atoms with Crippen LogP contribution in [0.15, 0.2) is 17.5 Å². The zero-order valence-corrected chi connectivity index (χ0v) is 13.5. The van der Waals surface area contributed by atoms with E-state index in [0.29, 0.717) is 5.92 Å². The van der Waals surface area contributed by atoms with E-state index in [2.05, 4.69) is 27.7 Å². The molecule has 2 rings (SSSR count). The first-order chi connectivity index (χ1) is 9.15. The van der Waals surface area contributed by atoms with Crippen LogP contribution in [0.4, 0.5) is 0 Å². The van der Waals surface area contributed by atoms with Crippen molar-refractivity contribution in [1.29, 1.82) is 0 Å². The largest absolute Gasteiger partial charge is 0.354 e. The van der Waals surface area contributed by atoms with Crippen molar-refractivity contribution in [3.63, 3.8) is 0 Å². The van der Waals surface area contributed by atoms with E-state index < -0.39 is 6.04 Å². The van der Waals surface area contributed by atoms with Crippen LogP contribution in [0.5, 0.6) is 0 Å². The number of hydrogen-bond acceptors (Lipinski definition) is 4. The summed E-state index contributed by atoms with van der Waals surface area (Å²) in [6.07, 6.45) is 2.41. The third-order valence-electron chi connectivity index (χ3n) is 3.54. The molecule has 1 aliphatic heterocycles. The molecule has 2 heterocycles. The van der Waals surface area contributed by atoms with Gasteiger partial charge < -0.3 is 11.1 Å². The van der Waals surface area contributed by atoms with Crippen LogP contribution in [-0.2, 0) is 11.3 Å². The molecule has 114 valence electrons. The van der Waals surface area contributed by atoms with Gasteiger partial charge in [0, 0.05) is 24.5 Å². The van der Waals surface area contributed by atoms with Crippen LogP contribution in [0.3, 0.4) is 0 Å². The number of piperidine rings is 1. The number of hydrogen-bond donors (Lipinski definition) is 2. The first-order valence-electron chi connectivity index (χ1n) is 6.93. The Bertz CT molecular complexity index is 397. The molecule has 6 heteroatoms. The van der Waals surface area contributed by atoms with Crippen LogP contribution in [0, 0.1) is 5.92 Å². The van der Waals surface area contributed by atoms with Crippen LogP contribution in [0.2, 0.25) is 0 Å². The van der Waals surface area contributed by atoms with Gasteiger partial charge in [-0.05, 0) is 43.7 Å². The standard InChI is InChI=1S/C14H23N3OS.ClH/c1-11(15)14(18)16-8-12-4-2-6-17(9-12)10-13-5-3-7-19-13;/h3,5,7,11-12H,2,4,6,8-10,15H2,1H3,(H,16,18);1H. The maximum absolute atomic E-state index is 11.5. The smallest absolute Gasteiger partial charge is 0.236 e. The Labute approximate surface area is 131 Å². The zero-order valence-electron chi connectivity index (χ0n) is 11.9. The second kappa shape index (κ2) is 8.62. The molecule has 0 aliphatic carbocycles. The fourth-order valence-corrected chi connectivity index (χ4v) is 3.24. The number of rotatable bonds is 5. The average Bonchev–Trinajstić information content (AvgIpc) is 2.89. The molecule has 0 aromatic carbocycles. The van der Waals surface area contributed by atoms with Gasteiger partial charge in [-0.3, -0.25) is 9.69 Å². The van der Waals surface area contributed by atoms with Crippen molar-refractivity contribution >= 4 is 29.7 Å². The van der Waals surface area contributed by atoms with Crippen LogP contribution in [-0.4, -0.2) is 36.5 Å². The predicted molar refractivity (Wildman–Crippen MR) is 86.2 cm³/mol. The summed E-state index contributed by atoms with van der Waals surface area (Å²) in [5.41, 5.74) is 5.55. The molecule has 1 aromatic rings. The van der Waals surface area contributed by atoms with Gasteiger partial charge >= 0.3 is 0 Å². The summed E-state index contributed by atoms with van der Waals surface area (Å²) in [6, 6.07) is 3.88. The number of amides is 1. The summed E-state index contributed by atoms with van der Waals surface area (Å²) in [6.45, 7) is 5.74. The van der Waals surface area contributed by atoms with Gasteiger partial charge in [0.25, 0.3) is 0 Å². The quantitative estimate of drug-likeness (QED) is 0.871. The van der Waals surface area contributed by atoms with Gasteiger partial charge in [0.05, 0.1) is 6.04 Å². The van der Waals surface area contributed by atoms with E-state index in [1.54, 1.807) is 6.92 Å². The number of nitrogens with two attached hydrogens (primary N) is 1. The third kappa shape index (κ3) is 5.40. The maximum Gasteiger partial charge on any atom is 0.236 e. The number of nitrogens with zero attached hydrogens (tertiary/aromatic N) is 1. The van der Waals surface area contributed by atoms with E-state index in [0.717, 1.165) is 26.2 Å². The molecule has 4 nitrogen and oxygen atoms in total. The lowest BCUT2D eigenvalue weighted by molar-refractivity contribution is -0.122. The summed E-state index contributed by atoms with van der Waals surface area (Å²) < 4.78 is 0. The third-order valence-corrected chi connectivity index (χ3v) is 4.40. The van der Waals surface area contributed by atoms with Crippen molar-refractivity contribution in [3.05, 3.63) is 22.4 Å². The summed E-state index contributed by atoms with van der Waals surface area (Å²) in [5.74, 6) is 0.506. The van der Waals surface area contributed by atoms with Crippen LogP contribution in [0.25, 0.3) is 0 Å². The fourth-order valence-electron chi connectivity index (χ4n) is 2.49. The Morgan fingerprint density at radius 1 is 1.65 bits per heavy atom. The Hall–Kier alpha value is -0.620. The Kier molecular flexibility index (Phi) is 7.51. The molecule has 0 radical (unpaired) electrons. The number of likely N-dealkylation sites (tertiary alicyclic amines) is 1. The molecule has 1 aliphatic rings. The maximum atomic E-state index is 11.5. The van der Waals surface area contributed by atoms with E-state index in [-0.39, 0.29) is 18.3 Å². The Balaban J connectivity index is 0.00000200. The number of carbonyl (C=O) groups excluding carboxylic acids is 1. The topological polar surface area (TPSA) is 58.4 Å². The highest BCUT2D eigenvalue weighted by atomic mass is 35.5. The van der Waals surface area contributed by atoms with Crippen LogP contribution >= 0.6 is 23.7 Å². The Morgan fingerprint density at radius 2 is 2.45 bits per heavy atom. The minimum atomic E-state index is -0.411. The van der Waals surface area contributed by atoms with Gasteiger partial charge in [-0.15, -0.1) is 23.7 Å². The first-order valence-corrected chi connectivity index (χ1v) is 7.81. The lowest BCUT2D eigenvalue weighted by Crippen LogP contribution is -2.44. The van der Waals surface area contributed by atoms with Gasteiger partial charge in [0.1, 0.15) is 0 Å². The highest BCUT2D eigenvalue weighted by Crippen LogP contribution is 2.19. The number of nitrogens with one attached hydrogen (secondary N) is 1. The molecule has 0 spiro atoms. The molecular weight excluding hydrogens is 294 g/mol. The molecule has 1 aromatic heterocycles. The van der Waals surface area contributed by atoms with Crippen molar-refractivity contribution in [3.8, 4) is 0 Å². The molecule has 3 N–H and O–H groups in total. The van der Waals surface area contributed by atoms with Crippen molar-refractivity contribution in [1.82, 2.24) is 10.2 Å². The van der Waals surface area contributed by atoms with Gasteiger partial charge in [-0.2, -0.15) is 0 Å². The van der Waals surface area contributed by atoms with Crippen molar-refractivity contribution in [2.75, 3.05) is 19.6 Å². The summed E-state index contributed by atoms with van der Waals surface area (Å²) in [5, 5.41) is 5.07. The minimum Gasteiger partial charge on any atom is -0.354 e. The molecule has 2 atom stereocenters. The summed E-state index contributed by atoms with van der Waals surface area (Å²) in [4.78, 5) is 15.4. The summed E-state index contributed by atoms with van der Waals surface area (Å²) >= 11 is 1.81. The van der Waals surface area contributed by atoms with Crippen LogP contribution in [0.1, 0.15) is 24.6 Å². The lowest BCUT2D eigenvalue weighted by atomic mass is 9.98. The molecule has 20 heavy (non-hydrogen) atoms. The molecule has 2 unspecified atom stereocenters. The normalized spacial score (nSPS) is 21.0. The van der Waals surface area contributed by atoms with Crippen molar-refractivity contribution in [2.24, 2.45) is 11.7 Å². The van der Waals surface area contributed by atoms with Crippen molar-refractivity contribution < 1.29 is 4.79 Å². The Morgan fingerprint density at radius 3 is 3.10 bits per heavy atom. The number of halogens is 1. The van der Waals surface area contributed by atoms with Gasteiger partial charge in [0.2, 0.25) is 5.91 Å². The van der Waals surface area contributed by atoms with E-state index in [1.165, 1.54) is 17.7 Å². The highest BCUT2D eigenvalue weighted by molar-refractivity contribution is 7.09. The molecule has 1 amide bonds. The highest BCUT2D eigenvalue weighted by Gasteiger charge is 2.21. The van der Waals surface area contributed by atoms with E-state index in [4.69, 9.17) is 5.73 Å². The monoisotopic (exact) mass is 317 g/mol. The summed E-state index contributed by atoms with van der Waals surface area (Å²) in [7, 11) is 0. The molecule has 1 fully saturated rings. The van der Waals surface area contributed by atoms with Crippen molar-refractivity contribution in [2.45, 2.75) is 32.4 Å². The second-order valence-corrected chi connectivity index (χ2v) is 6.39. The predicted octanol–water partition coefficient (Wildman–Crippen LogP) is 1.85. The van der Waals surface area contributed by atoms with Crippen LogP contribution < -0.4 is 11.1 Å². The lowest BCUT2D eigenvalue weighted by Gasteiger charge is -2.32. The van der Waals surface area contributed by atoms with E-state index in [1.807, 2.05) is 11.3 Å². The first kappa shape index (κ1) is 17.4. The van der Waals surface area contributed by atoms with Gasteiger partial charge in [-0.1, -0.05) is 6.07 Å². The molecule has 0 bridgehead atoms. The van der Waals surface area contributed by atoms with Gasteiger partial charge in [-0.25, -0.2) is 0 Å². The number of thiophene rings is 1. The second-order valence-electron chi connectivity index (χ2n) is 5.36. The molecule has 1 saturated heterocycles. The zero-order chi connectivity index (χ0) is 13.7. The average molecular weight is 318 g/mol. The van der Waals surface area contributed by atoms with E-state index in [9.17, 15) is 4.79 Å². The number of carbonyl (C=O) groups is 1.